The first kappa shape index (κ1) is 22.0. The molecule has 0 bridgehead atoms. The zero-order valence-electron chi connectivity index (χ0n) is 19.6. The van der Waals surface area contributed by atoms with Crippen LogP contribution in [0, 0.1) is 0 Å². The van der Waals surface area contributed by atoms with Gasteiger partial charge in [-0.1, -0.05) is 54.6 Å². The second-order valence-electron chi connectivity index (χ2n) is 8.85. The lowest BCUT2D eigenvalue weighted by Crippen LogP contribution is -2.36. The highest BCUT2D eigenvalue weighted by atomic mass is 16.5. The molecule has 0 radical (unpaired) electrons. The number of allylic oxidation sites excluding steroid dienone is 3. The molecule has 1 heterocycles. The molecular formula is C29H27NO4. The molecule has 1 aliphatic carbocycles. The number of fused-ring (bicyclic) bond motifs is 1. The lowest BCUT2D eigenvalue weighted by atomic mass is 9.71. The van der Waals surface area contributed by atoms with E-state index in [2.05, 4.69) is 5.32 Å². The molecule has 0 amide bonds. The molecular weight excluding hydrogens is 426 g/mol. The number of methoxy groups -OCH3 is 2. The van der Waals surface area contributed by atoms with Crippen molar-refractivity contribution in [3.63, 3.8) is 0 Å². The molecule has 2 aliphatic rings. The molecule has 0 aromatic heterocycles. The van der Waals surface area contributed by atoms with Gasteiger partial charge in [0.2, 0.25) is 0 Å². The Balaban J connectivity index is 1.64. The van der Waals surface area contributed by atoms with Crippen LogP contribution in [0.25, 0.3) is 10.8 Å². The third-order valence-corrected chi connectivity index (χ3v) is 6.95. The number of hydrogen-bond acceptors (Lipinski definition) is 5. The van der Waals surface area contributed by atoms with Crippen molar-refractivity contribution in [3.8, 4) is 5.75 Å². The Bertz CT molecular complexity index is 1340. The number of carbonyl (C=O) groups excluding carboxylic acids is 2. The molecule has 3 aromatic carbocycles. The van der Waals surface area contributed by atoms with Crippen LogP contribution < -0.4 is 10.1 Å². The van der Waals surface area contributed by atoms with Crippen LogP contribution in [0.5, 0.6) is 5.75 Å². The summed E-state index contributed by atoms with van der Waals surface area (Å²) in [7, 11) is 3.03. The summed E-state index contributed by atoms with van der Waals surface area (Å²) >= 11 is 0. The van der Waals surface area contributed by atoms with E-state index in [1.807, 2.05) is 73.7 Å². The van der Waals surface area contributed by atoms with Crippen molar-refractivity contribution in [2.75, 3.05) is 14.2 Å². The first-order chi connectivity index (χ1) is 16.5. The lowest BCUT2D eigenvalue weighted by Gasteiger charge is -2.37. The maximum absolute atomic E-state index is 13.7. The number of nitrogens with one attached hydrogen (secondary N) is 1. The number of ether oxygens (including phenoxy) is 2. The highest BCUT2D eigenvalue weighted by molar-refractivity contribution is 6.05. The number of rotatable bonds is 4. The Kier molecular flexibility index (Phi) is 5.70. The number of hydrogen-bond donors (Lipinski definition) is 1. The van der Waals surface area contributed by atoms with E-state index in [4.69, 9.17) is 9.47 Å². The Morgan fingerprint density at radius 1 is 0.941 bits per heavy atom. The Morgan fingerprint density at radius 2 is 1.68 bits per heavy atom. The second-order valence-corrected chi connectivity index (χ2v) is 8.85. The fraction of sp³-hybridized carbons (Fsp3) is 0.241. The average Bonchev–Trinajstić information content (AvgIpc) is 2.87. The van der Waals surface area contributed by atoms with Crippen molar-refractivity contribution < 1.29 is 19.1 Å². The van der Waals surface area contributed by atoms with Gasteiger partial charge in [-0.3, -0.25) is 4.79 Å². The minimum absolute atomic E-state index is 0.0569. The zero-order chi connectivity index (χ0) is 23.8. The molecule has 5 rings (SSSR count). The highest BCUT2D eigenvalue weighted by Gasteiger charge is 2.41. The minimum atomic E-state index is -0.473. The van der Waals surface area contributed by atoms with Crippen LogP contribution in [0.1, 0.15) is 42.7 Å². The smallest absolute Gasteiger partial charge is 0.336 e. The highest BCUT2D eigenvalue weighted by Crippen LogP contribution is 2.47. The summed E-state index contributed by atoms with van der Waals surface area (Å²) < 4.78 is 10.5. The maximum atomic E-state index is 13.7. The van der Waals surface area contributed by atoms with E-state index in [0.29, 0.717) is 24.0 Å². The van der Waals surface area contributed by atoms with Crippen LogP contribution >= 0.6 is 0 Å². The van der Waals surface area contributed by atoms with Gasteiger partial charge in [-0.15, -0.1) is 0 Å². The number of benzene rings is 3. The van der Waals surface area contributed by atoms with Crippen LogP contribution in [0.4, 0.5) is 0 Å². The molecule has 172 valence electrons. The summed E-state index contributed by atoms with van der Waals surface area (Å²) in [4.78, 5) is 26.7. The summed E-state index contributed by atoms with van der Waals surface area (Å²) in [6.07, 6.45) is 1.09. The van der Waals surface area contributed by atoms with Crippen LogP contribution in [0.3, 0.4) is 0 Å². The van der Waals surface area contributed by atoms with Crippen LogP contribution in [-0.4, -0.2) is 26.0 Å². The molecule has 0 spiro atoms. The van der Waals surface area contributed by atoms with Crippen molar-refractivity contribution in [1.29, 1.82) is 0 Å². The number of ketones is 1. The van der Waals surface area contributed by atoms with Crippen LogP contribution in [-0.2, 0) is 14.3 Å². The summed E-state index contributed by atoms with van der Waals surface area (Å²) in [5, 5.41) is 5.50. The summed E-state index contributed by atoms with van der Waals surface area (Å²) in [6.45, 7) is 1.88. The van der Waals surface area contributed by atoms with Gasteiger partial charge in [-0.2, -0.15) is 0 Å². The van der Waals surface area contributed by atoms with Crippen LogP contribution in [0.15, 0.2) is 89.3 Å². The standard InChI is InChI=1S/C29H27NO4/c1-17-26(29(32)34-3)27(23-10-6-8-19-7-4-5-9-22(19)23)28-24(30-17)15-20(16-25(28)31)18-11-13-21(33-2)14-12-18/h4-14,20,27,30H,15-16H2,1-3H3/t20-,27+/m0/s1. The van der Waals surface area contributed by atoms with E-state index in [9.17, 15) is 9.59 Å². The summed E-state index contributed by atoms with van der Waals surface area (Å²) in [5.41, 5.74) is 4.83. The van der Waals surface area contributed by atoms with E-state index in [1.54, 1.807) is 7.11 Å². The van der Waals surface area contributed by atoms with Gasteiger partial charge in [0.15, 0.2) is 5.78 Å². The van der Waals surface area contributed by atoms with Gasteiger partial charge in [0, 0.05) is 29.3 Å². The number of Topliss-reactive ketones (excluding diaryl/α,β-unsaturated/α-hetero) is 1. The molecule has 5 heteroatoms. The quantitative estimate of drug-likeness (QED) is 0.537. The number of esters is 1. The third kappa shape index (κ3) is 3.67. The predicted molar refractivity (Wildman–Crippen MR) is 132 cm³/mol. The molecule has 0 fully saturated rings. The Labute approximate surface area is 199 Å². The molecule has 0 saturated carbocycles. The predicted octanol–water partition coefficient (Wildman–Crippen LogP) is 5.38. The fourth-order valence-electron chi connectivity index (χ4n) is 5.34. The first-order valence-electron chi connectivity index (χ1n) is 11.5. The topological polar surface area (TPSA) is 64.6 Å². The van der Waals surface area contributed by atoms with E-state index in [-0.39, 0.29) is 11.7 Å². The molecule has 1 aliphatic heterocycles. The monoisotopic (exact) mass is 453 g/mol. The molecule has 0 saturated heterocycles. The van der Waals surface area contributed by atoms with Crippen molar-refractivity contribution >= 4 is 22.5 Å². The minimum Gasteiger partial charge on any atom is -0.497 e. The SMILES string of the molecule is COC(=O)C1=C(C)NC2=C(C(=O)C[C@@H](c3ccc(OC)cc3)C2)[C@@H]1c1cccc2ccccc12. The Morgan fingerprint density at radius 3 is 2.41 bits per heavy atom. The van der Waals surface area contributed by atoms with Gasteiger partial charge in [0.25, 0.3) is 0 Å². The number of dihydropyridines is 1. The summed E-state index contributed by atoms with van der Waals surface area (Å²) in [5.74, 6) is 0.0180. The van der Waals surface area contributed by atoms with Crippen molar-refractivity contribution in [1.82, 2.24) is 5.32 Å². The molecule has 5 nitrogen and oxygen atoms in total. The first-order valence-corrected chi connectivity index (χ1v) is 11.5. The van der Waals surface area contributed by atoms with Crippen molar-refractivity contribution in [2.24, 2.45) is 0 Å². The largest absolute Gasteiger partial charge is 0.497 e. The second kappa shape index (κ2) is 8.82. The van der Waals surface area contributed by atoms with Gasteiger partial charge < -0.3 is 14.8 Å². The van der Waals surface area contributed by atoms with Crippen molar-refractivity contribution in [2.45, 2.75) is 31.6 Å². The van der Waals surface area contributed by atoms with Gasteiger partial charge in [-0.25, -0.2) is 4.79 Å². The van der Waals surface area contributed by atoms with E-state index < -0.39 is 11.9 Å². The summed E-state index contributed by atoms with van der Waals surface area (Å²) in [6, 6.07) is 22.0. The van der Waals surface area contributed by atoms with Crippen LogP contribution in [0.2, 0.25) is 0 Å². The van der Waals surface area contributed by atoms with Gasteiger partial charge >= 0.3 is 5.97 Å². The zero-order valence-corrected chi connectivity index (χ0v) is 19.6. The maximum Gasteiger partial charge on any atom is 0.336 e. The molecule has 34 heavy (non-hydrogen) atoms. The van der Waals surface area contributed by atoms with E-state index in [1.165, 1.54) is 7.11 Å². The van der Waals surface area contributed by atoms with Crippen molar-refractivity contribution in [3.05, 3.63) is 100 Å². The Hall–Kier alpha value is -3.86. The van der Waals surface area contributed by atoms with E-state index in [0.717, 1.165) is 39.0 Å². The molecule has 3 aromatic rings. The average molecular weight is 454 g/mol. The molecule has 2 atom stereocenters. The van der Waals surface area contributed by atoms with E-state index >= 15 is 0 Å². The molecule has 1 N–H and O–H groups in total. The normalized spacial score (nSPS) is 20.1. The number of carbonyl (C=O) groups is 2. The fourth-order valence-corrected chi connectivity index (χ4v) is 5.34. The van der Waals surface area contributed by atoms with Gasteiger partial charge in [0.1, 0.15) is 5.75 Å². The van der Waals surface area contributed by atoms with Gasteiger partial charge in [-0.05, 0) is 53.3 Å². The van der Waals surface area contributed by atoms with Gasteiger partial charge in [0.05, 0.1) is 19.8 Å². The lowest BCUT2D eigenvalue weighted by molar-refractivity contribution is -0.136. The third-order valence-electron chi connectivity index (χ3n) is 6.95. The molecule has 0 unspecified atom stereocenters.